The number of aromatic nitrogens is 1. The Labute approximate surface area is 237 Å². The van der Waals surface area contributed by atoms with Gasteiger partial charge in [-0.2, -0.15) is 0 Å². The molecule has 3 aromatic carbocycles. The van der Waals surface area contributed by atoms with E-state index in [0.717, 1.165) is 31.9 Å². The zero-order chi connectivity index (χ0) is 25.9. The fourth-order valence-electron chi connectivity index (χ4n) is 4.26. The molecule has 0 aliphatic carbocycles. The van der Waals surface area contributed by atoms with Crippen LogP contribution < -0.4 is 10.2 Å². The van der Waals surface area contributed by atoms with Gasteiger partial charge in [0.05, 0.1) is 28.9 Å². The van der Waals surface area contributed by atoms with E-state index in [1.165, 1.54) is 11.8 Å². The highest BCUT2D eigenvalue weighted by Crippen LogP contribution is 2.31. The van der Waals surface area contributed by atoms with Crippen LogP contribution in [0.1, 0.15) is 27.3 Å². The van der Waals surface area contributed by atoms with Gasteiger partial charge in [-0.25, -0.2) is 0 Å². The molecule has 37 heavy (non-hydrogen) atoms. The lowest BCUT2D eigenvalue weighted by molar-refractivity contribution is -0.116. The fraction of sp³-hybridized carbons (Fsp3) is 0.143. The normalized spacial score (nSPS) is 12.5. The van der Waals surface area contributed by atoms with E-state index in [1.807, 2.05) is 76.2 Å². The van der Waals surface area contributed by atoms with E-state index in [2.05, 4.69) is 21.2 Å². The second-order valence-electron chi connectivity index (χ2n) is 8.58. The molecule has 0 unspecified atom stereocenters. The first-order valence-corrected chi connectivity index (χ1v) is 14.1. The number of carbonyl (C=O) groups excluding carboxylic acids is 2. The Hall–Kier alpha value is -2.71. The number of hydrogen-bond donors (Lipinski definition) is 1. The van der Waals surface area contributed by atoms with Gasteiger partial charge in [-0.3, -0.25) is 9.59 Å². The summed E-state index contributed by atoms with van der Waals surface area (Å²) >= 11 is 17.1. The quantitative estimate of drug-likeness (QED) is 0.234. The predicted molar refractivity (Wildman–Crippen MR) is 154 cm³/mol. The number of benzene rings is 3. The molecule has 0 fully saturated rings. The Morgan fingerprint density at radius 3 is 2.49 bits per heavy atom. The monoisotopic (exact) mass is 613 g/mol. The molecule has 0 atom stereocenters. The van der Waals surface area contributed by atoms with Crippen molar-refractivity contribution in [2.24, 2.45) is 0 Å². The number of halogens is 3. The van der Waals surface area contributed by atoms with Crippen LogP contribution in [0.25, 0.3) is 0 Å². The van der Waals surface area contributed by atoms with E-state index in [-0.39, 0.29) is 11.8 Å². The number of amides is 2. The van der Waals surface area contributed by atoms with Crippen LogP contribution in [0.4, 0.5) is 5.69 Å². The predicted octanol–water partition coefficient (Wildman–Crippen LogP) is 7.17. The van der Waals surface area contributed by atoms with Gasteiger partial charge >= 0.3 is 0 Å². The molecular formula is C28H22BrCl2N3O2S. The van der Waals surface area contributed by atoms with Gasteiger partial charge in [0.15, 0.2) is 0 Å². The first-order chi connectivity index (χ1) is 17.9. The van der Waals surface area contributed by atoms with Crippen molar-refractivity contribution in [1.82, 2.24) is 9.88 Å². The van der Waals surface area contributed by atoms with E-state index in [1.54, 1.807) is 12.1 Å². The summed E-state index contributed by atoms with van der Waals surface area (Å²) in [5.41, 5.74) is 4.16. The molecule has 0 saturated heterocycles. The van der Waals surface area contributed by atoms with Crippen LogP contribution in [-0.4, -0.2) is 22.1 Å². The molecule has 1 aliphatic rings. The Balaban J connectivity index is 1.35. The van der Waals surface area contributed by atoms with Crippen molar-refractivity contribution in [2.45, 2.75) is 24.5 Å². The Bertz CT molecular complexity index is 1470. The van der Waals surface area contributed by atoms with Gasteiger partial charge in [-0.15, -0.1) is 11.8 Å². The Morgan fingerprint density at radius 2 is 1.70 bits per heavy atom. The highest BCUT2D eigenvalue weighted by atomic mass is 79.9. The molecule has 0 bridgehead atoms. The van der Waals surface area contributed by atoms with Gasteiger partial charge in [0.25, 0.3) is 5.91 Å². The number of para-hydroxylation sites is 1. The summed E-state index contributed by atoms with van der Waals surface area (Å²) in [5, 5.41) is 3.89. The van der Waals surface area contributed by atoms with Crippen molar-refractivity contribution >= 4 is 68.4 Å². The maximum absolute atomic E-state index is 13.4. The highest BCUT2D eigenvalue weighted by Gasteiger charge is 2.26. The third kappa shape index (κ3) is 5.91. The van der Waals surface area contributed by atoms with Crippen LogP contribution in [0.3, 0.4) is 0 Å². The smallest absolute Gasteiger partial charge is 0.268 e. The summed E-state index contributed by atoms with van der Waals surface area (Å²) in [6.07, 6.45) is 0. The summed E-state index contributed by atoms with van der Waals surface area (Å²) in [6, 6.07) is 24.8. The third-order valence-electron chi connectivity index (χ3n) is 6.15. The molecule has 5 nitrogen and oxygen atoms in total. The summed E-state index contributed by atoms with van der Waals surface area (Å²) < 4.78 is 2.99. The third-order valence-corrected chi connectivity index (χ3v) is 8.41. The Morgan fingerprint density at radius 1 is 0.919 bits per heavy atom. The van der Waals surface area contributed by atoms with Gasteiger partial charge in [-0.05, 0) is 65.7 Å². The minimum Gasteiger partial charge on any atom is -0.347 e. The summed E-state index contributed by atoms with van der Waals surface area (Å²) in [4.78, 5) is 29.4. The average molecular weight is 615 g/mol. The van der Waals surface area contributed by atoms with E-state index in [4.69, 9.17) is 23.2 Å². The lowest BCUT2D eigenvalue weighted by Crippen LogP contribution is -2.32. The number of thioether (sulfide) groups is 1. The van der Waals surface area contributed by atoms with Crippen LogP contribution in [0.15, 0.2) is 88.2 Å². The molecule has 0 spiro atoms. The second-order valence-corrected chi connectivity index (χ2v) is 11.4. The molecule has 188 valence electrons. The van der Waals surface area contributed by atoms with E-state index in [9.17, 15) is 9.59 Å². The van der Waals surface area contributed by atoms with Crippen molar-refractivity contribution in [3.63, 3.8) is 0 Å². The standard InChI is InChI=1S/C28H22BrCl2N3O2S/c29-20-6-9-22(10-7-20)37-17-27(35)34-16-21-8-12-26(33(21)15-19-3-1-2-4-25(19)34)28(36)32-14-18-5-11-23(30)24(31)13-18/h1-13H,14-17H2,(H,32,36). The second kappa shape index (κ2) is 11.4. The van der Waals surface area contributed by atoms with Gasteiger partial charge in [0.1, 0.15) is 5.69 Å². The molecular weight excluding hydrogens is 593 g/mol. The van der Waals surface area contributed by atoms with Gasteiger partial charge < -0.3 is 14.8 Å². The number of fused-ring (bicyclic) bond motifs is 2. The van der Waals surface area contributed by atoms with Crippen LogP contribution in [0, 0.1) is 0 Å². The molecule has 0 saturated carbocycles. The first kappa shape index (κ1) is 25.9. The molecule has 0 radical (unpaired) electrons. The van der Waals surface area contributed by atoms with Crippen LogP contribution in [0.5, 0.6) is 0 Å². The zero-order valence-corrected chi connectivity index (χ0v) is 23.5. The van der Waals surface area contributed by atoms with Crippen LogP contribution in [0.2, 0.25) is 10.0 Å². The van der Waals surface area contributed by atoms with E-state index in [0.29, 0.717) is 41.1 Å². The summed E-state index contributed by atoms with van der Waals surface area (Å²) in [5.74, 6) is 0.134. The van der Waals surface area contributed by atoms with Crippen molar-refractivity contribution < 1.29 is 9.59 Å². The van der Waals surface area contributed by atoms with Gasteiger partial charge in [-0.1, -0.05) is 63.4 Å². The van der Waals surface area contributed by atoms with Gasteiger partial charge in [0, 0.05) is 27.3 Å². The molecule has 1 N–H and O–H groups in total. The first-order valence-electron chi connectivity index (χ1n) is 11.6. The van der Waals surface area contributed by atoms with Crippen molar-refractivity contribution in [1.29, 1.82) is 0 Å². The maximum atomic E-state index is 13.4. The molecule has 2 heterocycles. The molecule has 1 aromatic heterocycles. The van der Waals surface area contributed by atoms with E-state index < -0.39 is 0 Å². The molecule has 5 rings (SSSR count). The number of hydrogen-bond acceptors (Lipinski definition) is 3. The summed E-state index contributed by atoms with van der Waals surface area (Å²) in [7, 11) is 0. The number of nitrogens with zero attached hydrogens (tertiary/aromatic N) is 2. The highest BCUT2D eigenvalue weighted by molar-refractivity contribution is 9.10. The number of carbonyl (C=O) groups is 2. The molecule has 4 aromatic rings. The van der Waals surface area contributed by atoms with Crippen LogP contribution >= 0.6 is 50.9 Å². The van der Waals surface area contributed by atoms with E-state index >= 15 is 0 Å². The molecule has 9 heteroatoms. The SMILES string of the molecule is O=C(NCc1ccc(Cl)c(Cl)c1)c1ccc2n1Cc1ccccc1N(C(=O)CSc1ccc(Br)cc1)C2. The zero-order valence-electron chi connectivity index (χ0n) is 19.6. The number of anilines is 1. The molecule has 1 aliphatic heterocycles. The fourth-order valence-corrected chi connectivity index (χ4v) is 5.62. The largest absolute Gasteiger partial charge is 0.347 e. The molecule has 2 amide bonds. The maximum Gasteiger partial charge on any atom is 0.268 e. The average Bonchev–Trinajstić information content (AvgIpc) is 3.21. The summed E-state index contributed by atoms with van der Waals surface area (Å²) in [6.45, 7) is 1.21. The number of rotatable bonds is 6. The van der Waals surface area contributed by atoms with Crippen molar-refractivity contribution in [3.8, 4) is 0 Å². The van der Waals surface area contributed by atoms with Gasteiger partial charge in [0.2, 0.25) is 5.91 Å². The minimum absolute atomic E-state index is 0.0145. The minimum atomic E-state index is -0.194. The lowest BCUT2D eigenvalue weighted by Gasteiger charge is -2.22. The topological polar surface area (TPSA) is 54.3 Å². The lowest BCUT2D eigenvalue weighted by atomic mass is 10.1. The number of nitrogens with one attached hydrogen (secondary N) is 1. The Kier molecular flexibility index (Phi) is 7.95. The van der Waals surface area contributed by atoms with Crippen molar-refractivity contribution in [2.75, 3.05) is 10.7 Å². The van der Waals surface area contributed by atoms with Crippen LogP contribution in [-0.2, 0) is 24.4 Å². The van der Waals surface area contributed by atoms with Crippen molar-refractivity contribution in [3.05, 3.63) is 116 Å².